The van der Waals surface area contributed by atoms with Crippen molar-refractivity contribution in [3.05, 3.63) is 53.7 Å². The second-order valence-corrected chi connectivity index (χ2v) is 4.99. The van der Waals surface area contributed by atoms with Crippen molar-refractivity contribution in [2.75, 3.05) is 6.54 Å². The molecule has 0 aliphatic carbocycles. The third-order valence-corrected chi connectivity index (χ3v) is 3.52. The van der Waals surface area contributed by atoms with Crippen molar-refractivity contribution in [3.63, 3.8) is 0 Å². The molecule has 2 aromatic rings. The average Bonchev–Trinajstić information content (AvgIpc) is 2.32. The largest absolute Gasteiger partial charge is 0.330 e. The topological polar surface area (TPSA) is 38.9 Å². The Hall–Kier alpha value is -1.32. The van der Waals surface area contributed by atoms with Crippen LogP contribution in [0.3, 0.4) is 0 Å². The maximum Gasteiger partial charge on any atom is 0.104 e. The fourth-order valence-electron chi connectivity index (χ4n) is 1.65. The van der Waals surface area contributed by atoms with E-state index in [2.05, 4.69) is 42.2 Å². The molecule has 17 heavy (non-hydrogen) atoms. The predicted octanol–water partition coefficient (Wildman–Crippen LogP) is 3.04. The van der Waals surface area contributed by atoms with E-state index in [9.17, 15) is 0 Å². The molecule has 88 valence electrons. The van der Waals surface area contributed by atoms with Gasteiger partial charge in [0.2, 0.25) is 0 Å². The molecule has 1 heterocycles. The predicted molar refractivity (Wildman–Crippen MR) is 72.3 cm³/mol. The molecule has 0 amide bonds. The quantitative estimate of drug-likeness (QED) is 0.898. The van der Waals surface area contributed by atoms with Gasteiger partial charge in [-0.1, -0.05) is 35.5 Å². The van der Waals surface area contributed by atoms with Crippen molar-refractivity contribution >= 4 is 11.8 Å². The van der Waals surface area contributed by atoms with Crippen molar-refractivity contribution in [2.24, 2.45) is 5.73 Å². The van der Waals surface area contributed by atoms with Crippen molar-refractivity contribution in [1.29, 1.82) is 0 Å². The van der Waals surface area contributed by atoms with Crippen LogP contribution in [0.4, 0.5) is 0 Å². The Bertz CT molecular complexity index is 497. The molecule has 0 saturated heterocycles. The summed E-state index contributed by atoms with van der Waals surface area (Å²) in [7, 11) is 0. The Morgan fingerprint density at radius 1 is 1.24 bits per heavy atom. The van der Waals surface area contributed by atoms with E-state index < -0.39 is 0 Å². The average molecular weight is 244 g/mol. The number of aryl methyl sites for hydroxylation is 1. The number of hydrogen-bond donors (Lipinski definition) is 1. The summed E-state index contributed by atoms with van der Waals surface area (Å²) in [6.45, 7) is 2.76. The number of aromatic nitrogens is 1. The minimum absolute atomic E-state index is 0.660. The highest BCUT2D eigenvalue weighted by atomic mass is 32.2. The van der Waals surface area contributed by atoms with Crippen LogP contribution in [0, 0.1) is 6.92 Å². The molecule has 0 radical (unpaired) electrons. The number of benzene rings is 1. The highest BCUT2D eigenvalue weighted by Gasteiger charge is 2.04. The van der Waals surface area contributed by atoms with Gasteiger partial charge in [-0.2, -0.15) is 0 Å². The molecule has 0 fully saturated rings. The van der Waals surface area contributed by atoms with Crippen LogP contribution < -0.4 is 5.73 Å². The molecule has 3 heteroatoms. The normalized spacial score (nSPS) is 10.5. The van der Waals surface area contributed by atoms with E-state index >= 15 is 0 Å². The first-order valence-electron chi connectivity index (χ1n) is 5.68. The van der Waals surface area contributed by atoms with Gasteiger partial charge in [0, 0.05) is 11.1 Å². The Morgan fingerprint density at radius 2 is 2.12 bits per heavy atom. The third kappa shape index (κ3) is 3.32. The van der Waals surface area contributed by atoms with Crippen LogP contribution in [-0.2, 0) is 6.42 Å². The molecular formula is C14H16N2S. The summed E-state index contributed by atoms with van der Waals surface area (Å²) in [4.78, 5) is 5.65. The summed E-state index contributed by atoms with van der Waals surface area (Å²) in [6, 6.07) is 12.5. The Morgan fingerprint density at radius 3 is 2.88 bits per heavy atom. The zero-order valence-corrected chi connectivity index (χ0v) is 10.7. The summed E-state index contributed by atoms with van der Waals surface area (Å²) < 4.78 is 0. The molecule has 2 N–H and O–H groups in total. The van der Waals surface area contributed by atoms with Crippen LogP contribution in [0.5, 0.6) is 0 Å². The van der Waals surface area contributed by atoms with Gasteiger partial charge in [0.15, 0.2) is 0 Å². The molecule has 2 rings (SSSR count). The summed E-state index contributed by atoms with van der Waals surface area (Å²) in [5.74, 6) is 0. The number of rotatable bonds is 4. The number of pyridine rings is 1. The van der Waals surface area contributed by atoms with Crippen molar-refractivity contribution < 1.29 is 0 Å². The monoisotopic (exact) mass is 244 g/mol. The number of nitrogens with zero attached hydrogens (tertiary/aromatic N) is 1. The Kier molecular flexibility index (Phi) is 4.18. The molecule has 0 saturated carbocycles. The lowest BCUT2D eigenvalue weighted by Crippen LogP contribution is -2.04. The van der Waals surface area contributed by atoms with Gasteiger partial charge in [-0.15, -0.1) is 0 Å². The first-order valence-corrected chi connectivity index (χ1v) is 6.50. The van der Waals surface area contributed by atoms with Gasteiger partial charge in [-0.3, -0.25) is 0 Å². The first kappa shape index (κ1) is 12.1. The van der Waals surface area contributed by atoms with E-state index in [4.69, 9.17) is 5.73 Å². The SMILES string of the molecule is Cc1cccc(Sc2ncccc2CCN)c1. The van der Waals surface area contributed by atoms with E-state index in [-0.39, 0.29) is 0 Å². The second-order valence-electron chi connectivity index (χ2n) is 3.92. The maximum absolute atomic E-state index is 5.61. The molecule has 1 aromatic heterocycles. The lowest BCUT2D eigenvalue weighted by molar-refractivity contribution is 0.911. The number of nitrogens with two attached hydrogens (primary N) is 1. The molecule has 0 bridgehead atoms. The van der Waals surface area contributed by atoms with Crippen LogP contribution >= 0.6 is 11.8 Å². The van der Waals surface area contributed by atoms with Gasteiger partial charge >= 0.3 is 0 Å². The van der Waals surface area contributed by atoms with E-state index in [0.29, 0.717) is 6.54 Å². The lowest BCUT2D eigenvalue weighted by atomic mass is 10.2. The van der Waals surface area contributed by atoms with Gasteiger partial charge in [-0.05, 0) is 43.7 Å². The zero-order chi connectivity index (χ0) is 12.1. The third-order valence-electron chi connectivity index (χ3n) is 2.47. The minimum Gasteiger partial charge on any atom is -0.330 e. The lowest BCUT2D eigenvalue weighted by Gasteiger charge is -2.07. The summed E-state index contributed by atoms with van der Waals surface area (Å²) in [6.07, 6.45) is 2.71. The van der Waals surface area contributed by atoms with Gasteiger partial charge in [-0.25, -0.2) is 4.98 Å². The summed E-state index contributed by atoms with van der Waals surface area (Å²) in [5, 5.41) is 1.06. The second kappa shape index (κ2) is 5.84. The molecule has 0 spiro atoms. The molecule has 0 aliphatic heterocycles. The molecule has 2 nitrogen and oxygen atoms in total. The molecular weight excluding hydrogens is 228 g/mol. The van der Waals surface area contributed by atoms with Gasteiger partial charge in [0.25, 0.3) is 0 Å². The van der Waals surface area contributed by atoms with E-state index in [0.717, 1.165) is 11.4 Å². The molecule has 1 aromatic carbocycles. The van der Waals surface area contributed by atoms with Gasteiger partial charge < -0.3 is 5.73 Å². The smallest absolute Gasteiger partial charge is 0.104 e. The van der Waals surface area contributed by atoms with Gasteiger partial charge in [0.05, 0.1) is 0 Å². The van der Waals surface area contributed by atoms with Crippen LogP contribution in [0.2, 0.25) is 0 Å². The van der Waals surface area contributed by atoms with Crippen molar-refractivity contribution in [2.45, 2.75) is 23.3 Å². The molecule has 0 atom stereocenters. The number of hydrogen-bond acceptors (Lipinski definition) is 3. The van der Waals surface area contributed by atoms with Crippen LogP contribution in [0.1, 0.15) is 11.1 Å². The minimum atomic E-state index is 0.660. The van der Waals surface area contributed by atoms with Crippen LogP contribution in [0.15, 0.2) is 52.5 Å². The summed E-state index contributed by atoms with van der Waals surface area (Å²) >= 11 is 1.70. The maximum atomic E-state index is 5.61. The fraction of sp³-hybridized carbons (Fsp3) is 0.214. The first-order chi connectivity index (χ1) is 8.29. The van der Waals surface area contributed by atoms with E-state index in [1.165, 1.54) is 16.0 Å². The zero-order valence-electron chi connectivity index (χ0n) is 9.89. The van der Waals surface area contributed by atoms with E-state index in [1.807, 2.05) is 12.3 Å². The Balaban J connectivity index is 2.23. The highest BCUT2D eigenvalue weighted by molar-refractivity contribution is 7.99. The van der Waals surface area contributed by atoms with Crippen molar-refractivity contribution in [3.8, 4) is 0 Å². The van der Waals surface area contributed by atoms with E-state index in [1.54, 1.807) is 11.8 Å². The highest BCUT2D eigenvalue weighted by Crippen LogP contribution is 2.29. The fourth-order valence-corrected chi connectivity index (χ4v) is 2.68. The van der Waals surface area contributed by atoms with Crippen LogP contribution in [0.25, 0.3) is 0 Å². The Labute approximate surface area is 106 Å². The van der Waals surface area contributed by atoms with Crippen LogP contribution in [-0.4, -0.2) is 11.5 Å². The molecule has 0 aliphatic rings. The summed E-state index contributed by atoms with van der Waals surface area (Å²) in [5.41, 5.74) is 8.10. The standard InChI is InChI=1S/C14H16N2S/c1-11-4-2-6-13(10-11)17-14-12(7-8-15)5-3-9-16-14/h2-6,9-10H,7-8,15H2,1H3. The molecule has 0 unspecified atom stereocenters. The van der Waals surface area contributed by atoms with Crippen molar-refractivity contribution in [1.82, 2.24) is 4.98 Å². The van der Waals surface area contributed by atoms with Gasteiger partial charge in [0.1, 0.15) is 5.03 Å².